The molecule has 1 aromatic rings. The van der Waals surface area contributed by atoms with Crippen LogP contribution in [0.3, 0.4) is 0 Å². The van der Waals surface area contributed by atoms with Crippen LogP contribution in [0.25, 0.3) is 0 Å². The molecule has 1 atom stereocenters. The van der Waals surface area contributed by atoms with Gasteiger partial charge in [0.05, 0.1) is 13.4 Å². The molecule has 0 N–H and O–H groups in total. The first-order valence-corrected chi connectivity index (χ1v) is 9.97. The molecule has 140 valence electrons. The Kier molecular flexibility index (Phi) is 9.03. The van der Waals surface area contributed by atoms with E-state index in [0.717, 1.165) is 12.8 Å². The zero-order valence-corrected chi connectivity index (χ0v) is 16.7. The molecule has 26 heavy (non-hydrogen) atoms. The second-order valence-electron chi connectivity index (χ2n) is 7.32. The van der Waals surface area contributed by atoms with Crippen LogP contribution in [0, 0.1) is 5.92 Å². The Labute approximate surface area is 160 Å². The molecule has 0 amide bonds. The summed E-state index contributed by atoms with van der Waals surface area (Å²) in [5.74, 6) is 0.634. The Bertz CT molecular complexity index is 646. The molecule has 1 aromatic carbocycles. The number of allylic oxidation sites excluding steroid dienone is 7. The molecule has 2 rings (SSSR count). The molecule has 1 heteroatoms. The first-order valence-electron chi connectivity index (χ1n) is 9.97. The lowest BCUT2D eigenvalue weighted by Crippen LogP contribution is -1.96. The Morgan fingerprint density at radius 2 is 1.96 bits per heavy atom. The van der Waals surface area contributed by atoms with Gasteiger partial charge < -0.3 is 4.74 Å². The van der Waals surface area contributed by atoms with Crippen LogP contribution in [0.4, 0.5) is 0 Å². The topological polar surface area (TPSA) is 9.23 Å². The van der Waals surface area contributed by atoms with E-state index in [2.05, 4.69) is 68.5 Å². The zero-order chi connectivity index (χ0) is 18.6. The van der Waals surface area contributed by atoms with E-state index in [1.807, 2.05) is 6.26 Å². The van der Waals surface area contributed by atoms with Gasteiger partial charge in [-0.2, -0.15) is 0 Å². The minimum Gasteiger partial charge on any atom is -0.504 e. The fourth-order valence-electron chi connectivity index (χ4n) is 3.66. The van der Waals surface area contributed by atoms with Crippen molar-refractivity contribution >= 4 is 0 Å². The van der Waals surface area contributed by atoms with Crippen molar-refractivity contribution in [2.24, 2.45) is 5.92 Å². The fraction of sp³-hybridized carbons (Fsp3) is 0.440. The largest absolute Gasteiger partial charge is 0.504 e. The lowest BCUT2D eigenvalue weighted by Gasteiger charge is -2.10. The van der Waals surface area contributed by atoms with Gasteiger partial charge >= 0.3 is 0 Å². The van der Waals surface area contributed by atoms with E-state index >= 15 is 0 Å². The van der Waals surface area contributed by atoms with E-state index in [0.29, 0.717) is 5.92 Å². The van der Waals surface area contributed by atoms with Crippen LogP contribution >= 0.6 is 0 Å². The Balaban J connectivity index is 1.83. The number of benzene rings is 1. The average molecular weight is 351 g/mol. The number of hydrogen-bond acceptors (Lipinski definition) is 1. The summed E-state index contributed by atoms with van der Waals surface area (Å²) >= 11 is 0. The molecule has 0 radical (unpaired) electrons. The molecular weight excluding hydrogens is 316 g/mol. The average Bonchev–Trinajstić information content (AvgIpc) is 3.12. The summed E-state index contributed by atoms with van der Waals surface area (Å²) in [5, 5.41) is 0. The molecule has 0 saturated heterocycles. The lowest BCUT2D eigenvalue weighted by atomic mass is 9.95. The molecular formula is C25H34O. The summed E-state index contributed by atoms with van der Waals surface area (Å²) in [5.41, 5.74) is 5.82. The number of methoxy groups -OCH3 is 1. The van der Waals surface area contributed by atoms with E-state index < -0.39 is 0 Å². The number of ether oxygens (including phenoxy) is 1. The van der Waals surface area contributed by atoms with E-state index in [4.69, 9.17) is 4.74 Å². The standard InChI is InChI=1S/C25H34O/c1-4-10-24(25-18-16-23(19-25)20-26-3)17-15-21(2)11-8-9-14-22-12-6-5-7-13-22/h4-7,10,12-13,15,17,20,25H,8-9,11,14,16,18-19H2,1-3H3/b10-4-,21-15+,23-20?,24-17+. The molecule has 0 bridgehead atoms. The van der Waals surface area contributed by atoms with Gasteiger partial charge in [0.1, 0.15) is 0 Å². The number of rotatable bonds is 9. The van der Waals surface area contributed by atoms with Crippen LogP contribution in [0.1, 0.15) is 57.9 Å². The molecule has 0 spiro atoms. The van der Waals surface area contributed by atoms with Crippen molar-refractivity contribution < 1.29 is 4.74 Å². The van der Waals surface area contributed by atoms with Crippen LogP contribution in [0.2, 0.25) is 0 Å². The maximum absolute atomic E-state index is 5.19. The Morgan fingerprint density at radius 1 is 1.15 bits per heavy atom. The maximum Gasteiger partial charge on any atom is 0.0816 e. The third-order valence-corrected chi connectivity index (χ3v) is 5.13. The number of hydrogen-bond donors (Lipinski definition) is 0. The molecule has 1 aliphatic rings. The van der Waals surface area contributed by atoms with Crippen molar-refractivity contribution in [1.82, 2.24) is 0 Å². The first kappa shape index (κ1) is 20.3. The smallest absolute Gasteiger partial charge is 0.0816 e. The SMILES string of the molecule is C\C=C/C(=C\C=C(/C)CCCCc1ccccc1)C1CCC(=COC)C1. The van der Waals surface area contributed by atoms with E-state index in [-0.39, 0.29) is 0 Å². The van der Waals surface area contributed by atoms with Crippen LogP contribution in [-0.2, 0) is 11.2 Å². The fourth-order valence-corrected chi connectivity index (χ4v) is 3.66. The van der Waals surface area contributed by atoms with Crippen molar-refractivity contribution in [2.45, 2.75) is 58.8 Å². The highest BCUT2D eigenvalue weighted by Gasteiger charge is 2.21. The molecule has 0 aromatic heterocycles. The Hall–Kier alpha value is -2.02. The van der Waals surface area contributed by atoms with Crippen LogP contribution < -0.4 is 0 Å². The van der Waals surface area contributed by atoms with Gasteiger partial charge in [-0.1, -0.05) is 60.2 Å². The minimum absolute atomic E-state index is 0.634. The molecule has 1 saturated carbocycles. The van der Waals surface area contributed by atoms with Crippen LogP contribution in [-0.4, -0.2) is 7.11 Å². The highest BCUT2D eigenvalue weighted by molar-refractivity contribution is 5.30. The predicted octanol–water partition coefficient (Wildman–Crippen LogP) is 7.18. The summed E-state index contributed by atoms with van der Waals surface area (Å²) < 4.78 is 5.19. The molecule has 1 nitrogen and oxygen atoms in total. The normalized spacial score (nSPS) is 20.3. The van der Waals surface area contributed by atoms with Crippen molar-refractivity contribution in [1.29, 1.82) is 0 Å². The summed E-state index contributed by atoms with van der Waals surface area (Å²) in [6.45, 7) is 4.37. The number of aryl methyl sites for hydroxylation is 1. The maximum atomic E-state index is 5.19. The second kappa shape index (κ2) is 11.6. The summed E-state index contributed by atoms with van der Waals surface area (Å²) in [7, 11) is 1.74. The Morgan fingerprint density at radius 3 is 2.69 bits per heavy atom. The molecule has 1 aliphatic carbocycles. The summed E-state index contributed by atoms with van der Waals surface area (Å²) in [6.07, 6.45) is 19.5. The summed E-state index contributed by atoms with van der Waals surface area (Å²) in [4.78, 5) is 0. The predicted molar refractivity (Wildman–Crippen MR) is 113 cm³/mol. The molecule has 0 aliphatic heterocycles. The van der Waals surface area contributed by atoms with Crippen molar-refractivity contribution in [3.63, 3.8) is 0 Å². The van der Waals surface area contributed by atoms with Gasteiger partial charge in [0.2, 0.25) is 0 Å². The molecule has 1 fully saturated rings. The van der Waals surface area contributed by atoms with E-state index in [1.54, 1.807) is 7.11 Å². The molecule has 0 heterocycles. The van der Waals surface area contributed by atoms with Crippen molar-refractivity contribution in [3.8, 4) is 0 Å². The van der Waals surface area contributed by atoms with Gasteiger partial charge in [0.25, 0.3) is 0 Å². The third kappa shape index (κ3) is 7.07. The highest BCUT2D eigenvalue weighted by atomic mass is 16.5. The molecule has 1 unspecified atom stereocenters. The van der Waals surface area contributed by atoms with Crippen molar-refractivity contribution in [3.05, 3.63) is 83.2 Å². The highest BCUT2D eigenvalue weighted by Crippen LogP contribution is 2.35. The first-order chi connectivity index (χ1) is 12.7. The van der Waals surface area contributed by atoms with Gasteiger partial charge in [0, 0.05) is 0 Å². The van der Waals surface area contributed by atoms with Crippen LogP contribution in [0.15, 0.2) is 77.6 Å². The third-order valence-electron chi connectivity index (χ3n) is 5.13. The van der Waals surface area contributed by atoms with Gasteiger partial charge in [-0.05, 0) is 81.4 Å². The second-order valence-corrected chi connectivity index (χ2v) is 7.32. The van der Waals surface area contributed by atoms with Gasteiger partial charge in [-0.15, -0.1) is 0 Å². The van der Waals surface area contributed by atoms with Crippen LogP contribution in [0.5, 0.6) is 0 Å². The van der Waals surface area contributed by atoms with Crippen molar-refractivity contribution in [2.75, 3.05) is 7.11 Å². The van der Waals surface area contributed by atoms with Gasteiger partial charge in [0.15, 0.2) is 0 Å². The van der Waals surface area contributed by atoms with E-state index in [1.165, 1.54) is 54.4 Å². The van der Waals surface area contributed by atoms with Gasteiger partial charge in [-0.3, -0.25) is 0 Å². The lowest BCUT2D eigenvalue weighted by molar-refractivity contribution is 0.332. The quantitative estimate of drug-likeness (QED) is 0.260. The minimum atomic E-state index is 0.634. The number of unbranched alkanes of at least 4 members (excludes halogenated alkanes) is 1. The zero-order valence-electron chi connectivity index (χ0n) is 16.7. The summed E-state index contributed by atoms with van der Waals surface area (Å²) in [6, 6.07) is 10.8. The monoisotopic (exact) mass is 350 g/mol. The van der Waals surface area contributed by atoms with Gasteiger partial charge in [-0.25, -0.2) is 0 Å². The van der Waals surface area contributed by atoms with E-state index in [9.17, 15) is 0 Å².